The number of carboxylic acids is 3. The molecular formula is C29H42FN5O10. The molecule has 0 aliphatic heterocycles. The average molecular weight is 640 g/mol. The number of halogens is 1. The monoisotopic (exact) mass is 639 g/mol. The molecule has 0 spiro atoms. The lowest BCUT2D eigenvalue weighted by Crippen LogP contribution is -2.60. The lowest BCUT2D eigenvalue weighted by Gasteiger charge is -2.28. The van der Waals surface area contributed by atoms with Crippen molar-refractivity contribution in [3.05, 3.63) is 35.6 Å². The van der Waals surface area contributed by atoms with Gasteiger partial charge in [0.15, 0.2) is 0 Å². The van der Waals surface area contributed by atoms with Gasteiger partial charge >= 0.3 is 17.9 Å². The third-order valence-electron chi connectivity index (χ3n) is 6.55. The van der Waals surface area contributed by atoms with Crippen LogP contribution in [-0.4, -0.2) is 87.1 Å². The fourth-order valence-electron chi connectivity index (χ4n) is 4.20. The molecule has 16 heteroatoms. The first-order valence-electron chi connectivity index (χ1n) is 14.3. The number of amides is 4. The summed E-state index contributed by atoms with van der Waals surface area (Å²) in [6, 6.07) is -1.89. The molecule has 0 radical (unpaired) electrons. The molecule has 0 aliphatic carbocycles. The SMILES string of the molecule is CC(C)C[C@H](NC(=O)[C@@H](NC(=O)[C@@H](N)CCC(=O)O)C(C)C)C(=O)N[C@@H](Cc1cccc(F)c1)C(=O)N[C@@H](CC(=O)O)C(=O)O. The molecule has 0 bridgehead atoms. The lowest BCUT2D eigenvalue weighted by atomic mass is 9.98. The zero-order chi connectivity index (χ0) is 34.4. The van der Waals surface area contributed by atoms with Crippen molar-refractivity contribution in [1.82, 2.24) is 21.3 Å². The summed E-state index contributed by atoms with van der Waals surface area (Å²) in [6.45, 7) is 6.77. The van der Waals surface area contributed by atoms with Crippen molar-refractivity contribution in [2.24, 2.45) is 17.6 Å². The average Bonchev–Trinajstić information content (AvgIpc) is 2.92. The van der Waals surface area contributed by atoms with E-state index in [-0.39, 0.29) is 37.2 Å². The third-order valence-corrected chi connectivity index (χ3v) is 6.55. The Morgan fingerprint density at radius 2 is 1.36 bits per heavy atom. The molecule has 0 heterocycles. The van der Waals surface area contributed by atoms with Gasteiger partial charge in [-0.25, -0.2) is 9.18 Å². The Kier molecular flexibility index (Phi) is 15.6. The quantitative estimate of drug-likeness (QED) is 0.0980. The molecule has 1 aromatic rings. The van der Waals surface area contributed by atoms with Crippen LogP contribution in [0.4, 0.5) is 4.39 Å². The van der Waals surface area contributed by atoms with Crippen LogP contribution in [0.5, 0.6) is 0 Å². The second-order valence-corrected chi connectivity index (χ2v) is 11.4. The Bertz CT molecular complexity index is 1240. The molecule has 0 unspecified atom stereocenters. The summed E-state index contributed by atoms with van der Waals surface area (Å²) in [5.74, 6) is -9.01. The summed E-state index contributed by atoms with van der Waals surface area (Å²) in [6.07, 6.45) is -1.72. The normalized spacial score (nSPS) is 14.4. The Morgan fingerprint density at radius 3 is 1.87 bits per heavy atom. The fraction of sp³-hybridized carbons (Fsp3) is 0.552. The van der Waals surface area contributed by atoms with Crippen molar-refractivity contribution >= 4 is 41.5 Å². The molecule has 250 valence electrons. The van der Waals surface area contributed by atoms with Crippen LogP contribution in [0.2, 0.25) is 0 Å². The van der Waals surface area contributed by atoms with Gasteiger partial charge in [0, 0.05) is 12.8 Å². The van der Waals surface area contributed by atoms with Crippen molar-refractivity contribution in [1.29, 1.82) is 0 Å². The Balaban J connectivity index is 3.24. The predicted octanol–water partition coefficient (Wildman–Crippen LogP) is -0.239. The zero-order valence-corrected chi connectivity index (χ0v) is 25.5. The summed E-state index contributed by atoms with van der Waals surface area (Å²) in [7, 11) is 0. The number of aliphatic carboxylic acids is 3. The highest BCUT2D eigenvalue weighted by molar-refractivity contribution is 5.96. The minimum atomic E-state index is -1.83. The topological polar surface area (TPSA) is 254 Å². The van der Waals surface area contributed by atoms with Crippen LogP contribution in [0.15, 0.2) is 24.3 Å². The number of carbonyl (C=O) groups is 7. The van der Waals surface area contributed by atoms with Gasteiger partial charge in [-0.15, -0.1) is 0 Å². The van der Waals surface area contributed by atoms with E-state index in [1.165, 1.54) is 12.1 Å². The maximum atomic E-state index is 13.9. The predicted molar refractivity (Wildman–Crippen MR) is 157 cm³/mol. The zero-order valence-electron chi connectivity index (χ0n) is 25.5. The number of hydrogen-bond donors (Lipinski definition) is 8. The van der Waals surface area contributed by atoms with Crippen LogP contribution in [0.3, 0.4) is 0 Å². The van der Waals surface area contributed by atoms with E-state index in [4.69, 9.17) is 15.9 Å². The molecule has 0 fully saturated rings. The van der Waals surface area contributed by atoms with Gasteiger partial charge in [0.1, 0.15) is 30.0 Å². The molecule has 0 aliphatic rings. The highest BCUT2D eigenvalue weighted by Gasteiger charge is 2.33. The largest absolute Gasteiger partial charge is 0.481 e. The summed E-state index contributed by atoms with van der Waals surface area (Å²) in [4.78, 5) is 86.0. The third kappa shape index (κ3) is 14.2. The first-order valence-corrected chi connectivity index (χ1v) is 14.3. The number of carboxylic acid groups (broad SMARTS) is 3. The molecule has 45 heavy (non-hydrogen) atoms. The number of hydrogen-bond acceptors (Lipinski definition) is 8. The molecule has 5 atom stereocenters. The van der Waals surface area contributed by atoms with Crippen molar-refractivity contribution in [2.75, 3.05) is 0 Å². The van der Waals surface area contributed by atoms with Gasteiger partial charge in [-0.2, -0.15) is 0 Å². The van der Waals surface area contributed by atoms with E-state index in [1.54, 1.807) is 27.7 Å². The van der Waals surface area contributed by atoms with E-state index >= 15 is 0 Å². The van der Waals surface area contributed by atoms with E-state index in [9.17, 15) is 43.1 Å². The summed E-state index contributed by atoms with van der Waals surface area (Å²) in [5.41, 5.74) is 6.02. The van der Waals surface area contributed by atoms with Gasteiger partial charge < -0.3 is 42.3 Å². The molecule has 0 saturated heterocycles. The van der Waals surface area contributed by atoms with Gasteiger partial charge in [0.05, 0.1) is 12.5 Å². The van der Waals surface area contributed by atoms with Crippen LogP contribution < -0.4 is 27.0 Å². The summed E-state index contributed by atoms with van der Waals surface area (Å²) < 4.78 is 13.9. The van der Waals surface area contributed by atoms with Gasteiger partial charge in [-0.3, -0.25) is 28.8 Å². The maximum Gasteiger partial charge on any atom is 0.326 e. The lowest BCUT2D eigenvalue weighted by molar-refractivity contribution is -0.147. The second-order valence-electron chi connectivity index (χ2n) is 11.4. The summed E-state index contributed by atoms with van der Waals surface area (Å²) in [5, 5.41) is 36.8. The molecule has 0 saturated carbocycles. The van der Waals surface area contributed by atoms with E-state index in [0.29, 0.717) is 0 Å². The van der Waals surface area contributed by atoms with Crippen LogP contribution in [0, 0.1) is 17.7 Å². The smallest absolute Gasteiger partial charge is 0.326 e. The van der Waals surface area contributed by atoms with Crippen LogP contribution in [0.1, 0.15) is 58.9 Å². The Labute approximate surface area is 259 Å². The van der Waals surface area contributed by atoms with Crippen molar-refractivity contribution in [3.63, 3.8) is 0 Å². The Morgan fingerprint density at radius 1 is 0.778 bits per heavy atom. The molecule has 4 amide bonds. The van der Waals surface area contributed by atoms with Gasteiger partial charge in [0.25, 0.3) is 0 Å². The number of carbonyl (C=O) groups excluding carboxylic acids is 4. The molecule has 1 rings (SSSR count). The standard InChI is InChI=1S/C29H42FN5O10/c1-14(2)10-19(33-28(43)24(15(3)4)35-25(40)18(31)8-9-22(36)37)26(41)32-20(12-16-6-5-7-17(30)11-16)27(42)34-21(29(44)45)13-23(38)39/h5-7,11,14-15,18-21,24H,8-10,12-13,31H2,1-4H3,(H,32,41)(H,33,43)(H,34,42)(H,35,40)(H,36,37)(H,38,39)(H,44,45)/t18-,19-,20-,21-,24-/m0/s1. The van der Waals surface area contributed by atoms with Crippen LogP contribution >= 0.6 is 0 Å². The van der Waals surface area contributed by atoms with E-state index in [1.807, 2.05) is 0 Å². The molecule has 15 nitrogen and oxygen atoms in total. The first-order chi connectivity index (χ1) is 20.9. The number of nitrogens with one attached hydrogen (secondary N) is 4. The second kappa shape index (κ2) is 18.3. The first kappa shape index (κ1) is 38.4. The van der Waals surface area contributed by atoms with E-state index < -0.39 is 89.9 Å². The van der Waals surface area contributed by atoms with Crippen molar-refractivity contribution in [2.45, 2.75) is 90.0 Å². The highest BCUT2D eigenvalue weighted by Crippen LogP contribution is 2.12. The molecule has 0 aromatic heterocycles. The molecule has 9 N–H and O–H groups in total. The molecular weight excluding hydrogens is 597 g/mol. The number of nitrogens with two attached hydrogens (primary N) is 1. The minimum absolute atomic E-state index is 0.0690. The van der Waals surface area contributed by atoms with Crippen molar-refractivity contribution in [3.8, 4) is 0 Å². The molecule has 1 aromatic carbocycles. The van der Waals surface area contributed by atoms with Crippen molar-refractivity contribution < 1.29 is 53.3 Å². The maximum absolute atomic E-state index is 13.9. The fourth-order valence-corrected chi connectivity index (χ4v) is 4.20. The summed E-state index contributed by atoms with van der Waals surface area (Å²) >= 11 is 0. The number of benzene rings is 1. The van der Waals surface area contributed by atoms with Gasteiger partial charge in [0.2, 0.25) is 23.6 Å². The van der Waals surface area contributed by atoms with E-state index in [2.05, 4.69) is 21.3 Å². The number of rotatable bonds is 19. The van der Waals surface area contributed by atoms with E-state index in [0.717, 1.165) is 12.1 Å². The minimum Gasteiger partial charge on any atom is -0.481 e. The Hall–Kier alpha value is -4.60. The van der Waals surface area contributed by atoms with Crippen LogP contribution in [-0.2, 0) is 40.0 Å². The van der Waals surface area contributed by atoms with Crippen LogP contribution in [0.25, 0.3) is 0 Å². The highest BCUT2D eigenvalue weighted by atomic mass is 19.1. The van der Waals surface area contributed by atoms with Gasteiger partial charge in [-0.1, -0.05) is 39.8 Å². The van der Waals surface area contributed by atoms with Gasteiger partial charge in [-0.05, 0) is 42.4 Å².